The Morgan fingerprint density at radius 1 is 1.22 bits per heavy atom. The number of carbonyl (C=O) groups is 3. The van der Waals surface area contributed by atoms with E-state index >= 15 is 0 Å². The van der Waals surface area contributed by atoms with Crippen molar-refractivity contribution in [1.29, 1.82) is 0 Å². The van der Waals surface area contributed by atoms with Gasteiger partial charge in [0.15, 0.2) is 0 Å². The van der Waals surface area contributed by atoms with Crippen molar-refractivity contribution in [3.63, 3.8) is 0 Å². The average molecular weight is 376 g/mol. The first-order valence-electron chi connectivity index (χ1n) is 9.04. The van der Waals surface area contributed by atoms with E-state index in [2.05, 4.69) is 0 Å². The summed E-state index contributed by atoms with van der Waals surface area (Å²) in [5.74, 6) is -1.17. The lowest BCUT2D eigenvalue weighted by atomic mass is 9.97. The van der Waals surface area contributed by atoms with Crippen LogP contribution in [0.1, 0.15) is 25.3 Å². The molecule has 27 heavy (non-hydrogen) atoms. The van der Waals surface area contributed by atoms with E-state index < -0.39 is 0 Å². The maximum absolute atomic E-state index is 12.9. The first-order valence-corrected chi connectivity index (χ1v) is 9.04. The van der Waals surface area contributed by atoms with Crippen LogP contribution in [0.25, 0.3) is 6.08 Å². The van der Waals surface area contributed by atoms with Crippen LogP contribution in [-0.4, -0.2) is 60.9 Å². The number of rotatable bonds is 6. The Morgan fingerprint density at radius 2 is 1.85 bits per heavy atom. The van der Waals surface area contributed by atoms with Crippen LogP contribution in [0.5, 0.6) is 0 Å². The molecule has 0 N–H and O–H groups in total. The van der Waals surface area contributed by atoms with Gasteiger partial charge in [0.05, 0.1) is 19.1 Å². The third-order valence-electron chi connectivity index (χ3n) is 4.50. The molecule has 0 spiro atoms. The molecule has 0 saturated carbocycles. The van der Waals surface area contributed by atoms with Crippen LogP contribution >= 0.6 is 0 Å². The van der Waals surface area contributed by atoms with Crippen molar-refractivity contribution in [3.8, 4) is 0 Å². The molecule has 6 nitrogen and oxygen atoms in total. The zero-order valence-corrected chi connectivity index (χ0v) is 15.7. The minimum absolute atomic E-state index is 0.0311. The molecule has 1 fully saturated rings. The number of esters is 1. The monoisotopic (exact) mass is 376 g/mol. The molecular weight excluding hydrogens is 351 g/mol. The molecule has 0 atom stereocenters. The van der Waals surface area contributed by atoms with Crippen molar-refractivity contribution < 1.29 is 23.5 Å². The summed E-state index contributed by atoms with van der Waals surface area (Å²) < 4.78 is 17.9. The molecule has 1 saturated heterocycles. The molecular formula is C20H25FN2O4. The fraction of sp³-hybridized carbons (Fsp3) is 0.450. The third-order valence-corrected chi connectivity index (χ3v) is 4.50. The fourth-order valence-corrected chi connectivity index (χ4v) is 2.87. The summed E-state index contributed by atoms with van der Waals surface area (Å²) in [6.45, 7) is 3.06. The van der Waals surface area contributed by atoms with Gasteiger partial charge in [-0.25, -0.2) is 4.39 Å². The molecule has 0 aliphatic carbocycles. The Hall–Kier alpha value is -2.70. The van der Waals surface area contributed by atoms with Crippen molar-refractivity contribution >= 4 is 23.9 Å². The van der Waals surface area contributed by atoms with Gasteiger partial charge in [-0.05, 0) is 43.5 Å². The molecule has 1 aliphatic heterocycles. The number of benzene rings is 1. The molecule has 1 aromatic rings. The lowest BCUT2D eigenvalue weighted by Gasteiger charge is -2.32. The van der Waals surface area contributed by atoms with Gasteiger partial charge in [-0.3, -0.25) is 14.4 Å². The minimum atomic E-state index is -0.340. The van der Waals surface area contributed by atoms with Gasteiger partial charge in [0.25, 0.3) is 0 Å². The van der Waals surface area contributed by atoms with Crippen molar-refractivity contribution in [2.75, 3.05) is 33.3 Å². The highest BCUT2D eigenvalue weighted by atomic mass is 19.1. The lowest BCUT2D eigenvalue weighted by molar-refractivity contribution is -0.151. The van der Waals surface area contributed by atoms with Crippen LogP contribution in [0.4, 0.5) is 4.39 Å². The molecule has 1 heterocycles. The van der Waals surface area contributed by atoms with Crippen molar-refractivity contribution in [2.45, 2.75) is 19.8 Å². The first kappa shape index (κ1) is 20.6. The summed E-state index contributed by atoms with van der Waals surface area (Å²) in [6, 6.07) is 5.77. The number of likely N-dealkylation sites (tertiary alicyclic amines) is 1. The van der Waals surface area contributed by atoms with Crippen molar-refractivity contribution in [2.24, 2.45) is 5.92 Å². The average Bonchev–Trinajstić information content (AvgIpc) is 2.67. The van der Waals surface area contributed by atoms with Gasteiger partial charge >= 0.3 is 5.97 Å². The highest BCUT2D eigenvalue weighted by Gasteiger charge is 2.28. The van der Waals surface area contributed by atoms with Crippen LogP contribution in [0.3, 0.4) is 0 Å². The second kappa shape index (κ2) is 9.85. The predicted molar refractivity (Wildman–Crippen MR) is 99.0 cm³/mol. The molecule has 0 bridgehead atoms. The molecule has 0 radical (unpaired) electrons. The van der Waals surface area contributed by atoms with E-state index in [4.69, 9.17) is 4.74 Å². The standard InChI is InChI=1S/C20H25FN2O4/c1-3-27-20(26)16-10-12-23(13-11-16)19(25)14-22(2)18(24)9-6-15-4-7-17(21)8-5-15/h4-9,16H,3,10-14H2,1-2H3/b9-6+. The zero-order valence-electron chi connectivity index (χ0n) is 15.7. The lowest BCUT2D eigenvalue weighted by Crippen LogP contribution is -2.45. The van der Waals surface area contributed by atoms with Gasteiger partial charge in [-0.2, -0.15) is 0 Å². The second-order valence-electron chi connectivity index (χ2n) is 6.49. The number of ether oxygens (including phenoxy) is 1. The van der Waals surface area contributed by atoms with Crippen molar-refractivity contribution in [3.05, 3.63) is 41.7 Å². The largest absolute Gasteiger partial charge is 0.466 e. The van der Waals surface area contributed by atoms with E-state index in [1.165, 1.54) is 23.1 Å². The summed E-state index contributed by atoms with van der Waals surface area (Å²) in [6.07, 6.45) is 4.08. The number of hydrogen-bond donors (Lipinski definition) is 0. The maximum Gasteiger partial charge on any atom is 0.309 e. The van der Waals surface area contributed by atoms with Crippen LogP contribution in [0.2, 0.25) is 0 Å². The molecule has 0 aromatic heterocycles. The van der Waals surface area contributed by atoms with Crippen LogP contribution in [0, 0.1) is 11.7 Å². The fourth-order valence-electron chi connectivity index (χ4n) is 2.87. The van der Waals surface area contributed by atoms with Gasteiger partial charge in [0.1, 0.15) is 5.82 Å². The summed E-state index contributed by atoms with van der Waals surface area (Å²) >= 11 is 0. The zero-order chi connectivity index (χ0) is 19.8. The summed E-state index contributed by atoms with van der Waals surface area (Å²) in [7, 11) is 1.56. The van der Waals surface area contributed by atoms with Crippen molar-refractivity contribution in [1.82, 2.24) is 9.80 Å². The Balaban J connectivity index is 1.80. The van der Waals surface area contributed by atoms with E-state index in [9.17, 15) is 18.8 Å². The smallest absolute Gasteiger partial charge is 0.309 e. The SMILES string of the molecule is CCOC(=O)C1CCN(C(=O)CN(C)C(=O)/C=C/c2ccc(F)cc2)CC1. The molecule has 1 aromatic carbocycles. The van der Waals surface area contributed by atoms with Gasteiger partial charge < -0.3 is 14.5 Å². The van der Waals surface area contributed by atoms with Gasteiger partial charge in [-0.15, -0.1) is 0 Å². The van der Waals surface area contributed by atoms with E-state index in [0.717, 1.165) is 0 Å². The van der Waals surface area contributed by atoms with Gasteiger partial charge in [-0.1, -0.05) is 12.1 Å². The van der Waals surface area contributed by atoms with Gasteiger partial charge in [0.2, 0.25) is 11.8 Å². The number of nitrogens with zero attached hydrogens (tertiary/aromatic N) is 2. The van der Waals surface area contributed by atoms with Crippen LogP contribution in [0.15, 0.2) is 30.3 Å². The quantitative estimate of drug-likeness (QED) is 0.563. The molecule has 7 heteroatoms. The predicted octanol–water partition coefficient (Wildman–Crippen LogP) is 2.10. The summed E-state index contributed by atoms with van der Waals surface area (Å²) in [4.78, 5) is 39.3. The van der Waals surface area contributed by atoms with Gasteiger partial charge in [0, 0.05) is 26.2 Å². The maximum atomic E-state index is 12.9. The Kier molecular flexibility index (Phi) is 7.52. The Labute approximate surface area is 158 Å². The molecule has 1 aliphatic rings. The first-order chi connectivity index (χ1) is 12.9. The van der Waals surface area contributed by atoms with E-state index in [1.54, 1.807) is 37.1 Å². The number of piperidine rings is 1. The second-order valence-corrected chi connectivity index (χ2v) is 6.49. The summed E-state index contributed by atoms with van der Waals surface area (Å²) in [5.41, 5.74) is 0.700. The Bertz CT molecular complexity index is 694. The number of hydrogen-bond acceptors (Lipinski definition) is 4. The van der Waals surface area contributed by atoms with E-state index in [-0.39, 0.29) is 36.1 Å². The van der Waals surface area contributed by atoms with Crippen LogP contribution in [-0.2, 0) is 19.1 Å². The molecule has 2 rings (SSSR count). The Morgan fingerprint density at radius 3 is 2.44 bits per heavy atom. The number of carbonyl (C=O) groups excluding carboxylic acids is 3. The summed E-state index contributed by atoms with van der Waals surface area (Å²) in [5, 5.41) is 0. The van der Waals surface area contributed by atoms with E-state index in [1.807, 2.05) is 0 Å². The van der Waals surface area contributed by atoms with E-state index in [0.29, 0.717) is 38.1 Å². The molecule has 146 valence electrons. The third kappa shape index (κ3) is 6.20. The number of halogens is 1. The highest BCUT2D eigenvalue weighted by molar-refractivity contribution is 5.94. The van der Waals surface area contributed by atoms with Crippen LogP contribution < -0.4 is 0 Å². The number of likely N-dealkylation sites (N-methyl/N-ethyl adjacent to an activating group) is 1. The highest BCUT2D eigenvalue weighted by Crippen LogP contribution is 2.19. The normalized spacial score (nSPS) is 15.0. The number of amides is 2. The molecule has 2 amide bonds. The molecule has 0 unspecified atom stereocenters. The minimum Gasteiger partial charge on any atom is -0.466 e. The topological polar surface area (TPSA) is 66.9 Å².